The Morgan fingerprint density at radius 2 is 1.98 bits per heavy atom. The van der Waals surface area contributed by atoms with E-state index in [0.29, 0.717) is 23.9 Å². The Hall–Kier alpha value is -2.94. The van der Waals surface area contributed by atoms with Gasteiger partial charge in [0.2, 0.25) is 5.91 Å². The Balaban J connectivity index is 1.05. The van der Waals surface area contributed by atoms with Crippen molar-refractivity contribution in [2.75, 3.05) is 31.1 Å². The van der Waals surface area contributed by atoms with Gasteiger partial charge in [-0.25, -0.2) is 4.98 Å². The fraction of sp³-hybridized carbons (Fsp3) is 0.677. The van der Waals surface area contributed by atoms with Crippen molar-refractivity contribution in [3.8, 4) is 0 Å². The van der Waals surface area contributed by atoms with Gasteiger partial charge in [-0.1, -0.05) is 6.42 Å². The van der Waals surface area contributed by atoms with Crippen molar-refractivity contribution in [3.05, 3.63) is 34.9 Å². The second-order valence-electron chi connectivity index (χ2n) is 13.2. The number of nitrogens with one attached hydrogen (secondary N) is 1. The molecular formula is C31H44N8O. The Morgan fingerprint density at radius 1 is 1.12 bits per heavy atom. The summed E-state index contributed by atoms with van der Waals surface area (Å²) in [6, 6.07) is 2.55. The molecule has 214 valence electrons. The van der Waals surface area contributed by atoms with Gasteiger partial charge in [-0.3, -0.25) is 19.1 Å². The van der Waals surface area contributed by atoms with E-state index < -0.39 is 0 Å². The van der Waals surface area contributed by atoms with E-state index >= 15 is 0 Å². The highest BCUT2D eigenvalue weighted by molar-refractivity contribution is 5.89. The number of amides is 1. The van der Waals surface area contributed by atoms with Crippen LogP contribution in [0.25, 0.3) is 11.0 Å². The quantitative estimate of drug-likeness (QED) is 0.507. The summed E-state index contributed by atoms with van der Waals surface area (Å²) in [5.41, 5.74) is 7.50. The minimum atomic E-state index is 0.235. The van der Waals surface area contributed by atoms with Gasteiger partial charge in [0, 0.05) is 56.1 Å². The lowest BCUT2D eigenvalue weighted by Gasteiger charge is -2.49. The van der Waals surface area contributed by atoms with Gasteiger partial charge in [-0.05, 0) is 89.3 Å². The number of nitrogens with zero attached hydrogens (tertiary/aromatic N) is 7. The zero-order valence-corrected chi connectivity index (χ0v) is 24.5. The number of anilines is 1. The fourth-order valence-corrected chi connectivity index (χ4v) is 8.37. The van der Waals surface area contributed by atoms with Crippen molar-refractivity contribution in [1.82, 2.24) is 34.8 Å². The standard InChI is InChI=1S/C31H44N8O/c1-21-15-28(24-17-32-36(3)30(24)33-21)38-14-9-27-25(18-38)22(2)35-39(27)20-31-10-6-7-23(16-31)26(8-11-31)34-29(40)19-37-12-4-5-13-37/h15,17,23,26H,4-14,16,18-20H2,1-3H3,(H,34,40). The molecule has 3 aromatic heterocycles. The van der Waals surface area contributed by atoms with Gasteiger partial charge in [0.05, 0.1) is 29.5 Å². The Morgan fingerprint density at radius 3 is 2.83 bits per heavy atom. The summed E-state index contributed by atoms with van der Waals surface area (Å²) in [5, 5.41) is 14.2. The highest BCUT2D eigenvalue weighted by Crippen LogP contribution is 2.50. The minimum Gasteiger partial charge on any atom is -0.366 e. The van der Waals surface area contributed by atoms with Crippen LogP contribution in [0, 0.1) is 25.2 Å². The van der Waals surface area contributed by atoms with Crippen LogP contribution in [-0.4, -0.2) is 67.6 Å². The Kier molecular flexibility index (Phi) is 6.60. The molecule has 2 bridgehead atoms. The zero-order chi connectivity index (χ0) is 27.4. The summed E-state index contributed by atoms with van der Waals surface area (Å²) in [6.07, 6.45) is 12.7. The molecule has 0 radical (unpaired) electrons. The molecule has 7 rings (SSSR count). The van der Waals surface area contributed by atoms with Gasteiger partial charge >= 0.3 is 0 Å². The number of aryl methyl sites for hydroxylation is 3. The van der Waals surface area contributed by atoms with Gasteiger partial charge in [0.1, 0.15) is 0 Å². The molecule has 0 spiro atoms. The van der Waals surface area contributed by atoms with Crippen LogP contribution in [0.1, 0.15) is 74.0 Å². The maximum Gasteiger partial charge on any atom is 0.234 e. The minimum absolute atomic E-state index is 0.235. The molecule has 9 heteroatoms. The van der Waals surface area contributed by atoms with Crippen molar-refractivity contribution in [3.63, 3.8) is 0 Å². The summed E-state index contributed by atoms with van der Waals surface area (Å²) >= 11 is 0. The maximum absolute atomic E-state index is 12.8. The third-order valence-corrected chi connectivity index (χ3v) is 10.4. The van der Waals surface area contributed by atoms with Crippen LogP contribution < -0.4 is 10.2 Å². The number of carbonyl (C=O) groups excluding carboxylic acids is 1. The topological polar surface area (TPSA) is 84.1 Å². The van der Waals surface area contributed by atoms with Crippen molar-refractivity contribution in [1.29, 1.82) is 0 Å². The van der Waals surface area contributed by atoms with E-state index in [1.807, 2.05) is 17.9 Å². The first-order valence-electron chi connectivity index (χ1n) is 15.5. The number of carbonyl (C=O) groups is 1. The van der Waals surface area contributed by atoms with Crippen molar-refractivity contribution in [2.45, 2.75) is 90.8 Å². The van der Waals surface area contributed by atoms with Crippen LogP contribution in [0.15, 0.2) is 12.3 Å². The summed E-state index contributed by atoms with van der Waals surface area (Å²) < 4.78 is 4.25. The lowest BCUT2D eigenvalue weighted by molar-refractivity contribution is -0.124. The predicted molar refractivity (Wildman–Crippen MR) is 156 cm³/mol. The molecule has 3 fully saturated rings. The zero-order valence-electron chi connectivity index (χ0n) is 24.5. The van der Waals surface area contributed by atoms with Crippen LogP contribution in [0.3, 0.4) is 0 Å². The second kappa shape index (κ2) is 10.2. The van der Waals surface area contributed by atoms with Gasteiger partial charge < -0.3 is 10.2 Å². The Bertz CT molecular complexity index is 1420. The lowest BCUT2D eigenvalue weighted by Crippen LogP contribution is -2.51. The molecule has 1 N–H and O–H groups in total. The molecule has 2 aliphatic heterocycles. The smallest absolute Gasteiger partial charge is 0.234 e. The number of fused-ring (bicyclic) bond motifs is 4. The molecule has 3 unspecified atom stereocenters. The summed E-state index contributed by atoms with van der Waals surface area (Å²) in [4.78, 5) is 22.3. The molecule has 3 aromatic rings. The summed E-state index contributed by atoms with van der Waals surface area (Å²) in [7, 11) is 1.96. The van der Waals surface area contributed by atoms with Crippen LogP contribution in [-0.2, 0) is 31.4 Å². The number of hydrogen-bond donors (Lipinski definition) is 1. The van der Waals surface area contributed by atoms with Crippen molar-refractivity contribution in [2.24, 2.45) is 18.4 Å². The molecule has 0 aromatic carbocycles. The maximum atomic E-state index is 12.8. The number of hydrogen-bond acceptors (Lipinski definition) is 6. The highest BCUT2D eigenvalue weighted by Gasteiger charge is 2.45. The van der Waals surface area contributed by atoms with Crippen LogP contribution in [0.4, 0.5) is 5.69 Å². The first kappa shape index (κ1) is 26.0. The van der Waals surface area contributed by atoms with Gasteiger partial charge in [-0.2, -0.15) is 10.2 Å². The second-order valence-corrected chi connectivity index (χ2v) is 13.2. The van der Waals surface area contributed by atoms with Gasteiger partial charge in [0.25, 0.3) is 0 Å². The van der Waals surface area contributed by atoms with E-state index in [2.05, 4.69) is 44.8 Å². The fourth-order valence-electron chi connectivity index (χ4n) is 8.37. The lowest BCUT2D eigenvalue weighted by atomic mass is 9.60. The molecule has 2 saturated carbocycles. The molecule has 3 atom stereocenters. The average Bonchev–Trinajstić information content (AvgIpc) is 3.66. The van der Waals surface area contributed by atoms with Crippen molar-refractivity contribution < 1.29 is 4.79 Å². The molecule has 2 aliphatic carbocycles. The van der Waals surface area contributed by atoms with E-state index in [9.17, 15) is 4.79 Å². The normalized spacial score (nSPS) is 26.8. The number of likely N-dealkylation sites (tertiary alicyclic amines) is 1. The molecule has 9 nitrogen and oxygen atoms in total. The molecule has 1 saturated heterocycles. The highest BCUT2D eigenvalue weighted by atomic mass is 16.2. The average molecular weight is 545 g/mol. The van der Waals surface area contributed by atoms with E-state index in [4.69, 9.17) is 10.1 Å². The van der Waals surface area contributed by atoms with E-state index in [-0.39, 0.29) is 5.91 Å². The Labute approximate surface area is 237 Å². The number of pyridine rings is 1. The van der Waals surface area contributed by atoms with E-state index in [0.717, 1.165) is 62.3 Å². The molecule has 4 aliphatic rings. The first-order chi connectivity index (χ1) is 19.4. The monoisotopic (exact) mass is 544 g/mol. The van der Waals surface area contributed by atoms with E-state index in [1.165, 1.54) is 67.6 Å². The largest absolute Gasteiger partial charge is 0.366 e. The molecular weight excluding hydrogens is 500 g/mol. The molecule has 40 heavy (non-hydrogen) atoms. The summed E-state index contributed by atoms with van der Waals surface area (Å²) in [5.74, 6) is 0.837. The third-order valence-electron chi connectivity index (χ3n) is 10.4. The molecule has 5 heterocycles. The van der Waals surface area contributed by atoms with Crippen LogP contribution in [0.2, 0.25) is 0 Å². The predicted octanol–water partition coefficient (Wildman–Crippen LogP) is 3.90. The third kappa shape index (κ3) is 4.70. The number of aromatic nitrogens is 5. The summed E-state index contributed by atoms with van der Waals surface area (Å²) in [6.45, 7) is 9.87. The van der Waals surface area contributed by atoms with E-state index in [1.54, 1.807) is 0 Å². The van der Waals surface area contributed by atoms with Crippen LogP contribution >= 0.6 is 0 Å². The SMILES string of the molecule is Cc1cc(N2CCc3c(c(C)nn3CC34CCCC(C3)C(NC(=O)CN3CCCC3)CC4)C2)c2cnn(C)c2n1. The first-order valence-corrected chi connectivity index (χ1v) is 15.5. The van der Waals surface area contributed by atoms with Gasteiger partial charge in [0.15, 0.2) is 5.65 Å². The molecule has 1 amide bonds. The van der Waals surface area contributed by atoms with Crippen molar-refractivity contribution >= 4 is 22.6 Å². The van der Waals surface area contributed by atoms with Gasteiger partial charge in [-0.15, -0.1) is 0 Å². The number of rotatable bonds is 6. The van der Waals surface area contributed by atoms with Crippen LogP contribution in [0.5, 0.6) is 0 Å².